The number of rotatable bonds is 11. The highest BCUT2D eigenvalue weighted by atomic mass is 35.5. The average molecular weight is 511 g/mol. The summed E-state index contributed by atoms with van der Waals surface area (Å²) in [5.74, 6) is -0.281. The van der Waals surface area contributed by atoms with E-state index in [-0.39, 0.29) is 18.2 Å². The molecule has 0 aromatic heterocycles. The normalized spacial score (nSPS) is 11.7. The molecule has 1 atom stereocenters. The van der Waals surface area contributed by atoms with Crippen LogP contribution in [0.25, 0.3) is 0 Å². The topological polar surface area (TPSA) is 49.4 Å². The first kappa shape index (κ1) is 26.8. The molecule has 1 N–H and O–H groups in total. The summed E-state index contributed by atoms with van der Waals surface area (Å²) in [5, 5.41) is 3.89. The lowest BCUT2D eigenvalue weighted by Crippen LogP contribution is -2.51. The Hall–Kier alpha value is -2.82. The maximum absolute atomic E-state index is 13.8. The monoisotopic (exact) mass is 510 g/mol. The number of aryl methyl sites for hydroxylation is 1. The standard InChI is InChI=1S/C29H32Cl2N2O2/c1-3-4-16-32-29(35)27(18-22-11-6-5-7-12-22)33(20-24-13-9-8-10-21(24)2)28(34)19-23-14-15-25(30)26(31)17-23/h5-15,17,27H,3-4,16,18-20H2,1-2H3,(H,32,35). The summed E-state index contributed by atoms with van der Waals surface area (Å²) in [5.41, 5.74) is 3.84. The van der Waals surface area contributed by atoms with Gasteiger partial charge in [-0.05, 0) is 47.7 Å². The van der Waals surface area contributed by atoms with Crippen LogP contribution in [0.4, 0.5) is 0 Å². The third-order valence-corrected chi connectivity index (χ3v) is 6.78. The van der Waals surface area contributed by atoms with Crippen LogP contribution in [0.2, 0.25) is 10.0 Å². The van der Waals surface area contributed by atoms with Crippen LogP contribution in [0.3, 0.4) is 0 Å². The van der Waals surface area contributed by atoms with Crippen molar-refractivity contribution in [3.63, 3.8) is 0 Å². The second-order valence-corrected chi connectivity index (χ2v) is 9.54. The first-order chi connectivity index (χ1) is 16.9. The van der Waals surface area contributed by atoms with Crippen molar-refractivity contribution in [2.24, 2.45) is 0 Å². The number of nitrogens with one attached hydrogen (secondary N) is 1. The van der Waals surface area contributed by atoms with Gasteiger partial charge in [0.15, 0.2) is 0 Å². The number of carbonyl (C=O) groups is 2. The van der Waals surface area contributed by atoms with Gasteiger partial charge < -0.3 is 10.2 Å². The van der Waals surface area contributed by atoms with Gasteiger partial charge in [-0.25, -0.2) is 0 Å². The van der Waals surface area contributed by atoms with E-state index in [0.29, 0.717) is 29.6 Å². The summed E-state index contributed by atoms with van der Waals surface area (Å²) < 4.78 is 0. The minimum Gasteiger partial charge on any atom is -0.354 e. The molecule has 4 nitrogen and oxygen atoms in total. The number of benzene rings is 3. The van der Waals surface area contributed by atoms with Crippen molar-refractivity contribution >= 4 is 35.0 Å². The summed E-state index contributed by atoms with van der Waals surface area (Å²) in [4.78, 5) is 28.9. The highest BCUT2D eigenvalue weighted by Gasteiger charge is 2.30. The molecule has 0 aliphatic heterocycles. The fraction of sp³-hybridized carbons (Fsp3) is 0.310. The van der Waals surface area contributed by atoms with Crippen LogP contribution in [-0.2, 0) is 29.0 Å². The molecule has 1 unspecified atom stereocenters. The Labute approximate surface area is 218 Å². The summed E-state index contributed by atoms with van der Waals surface area (Å²) >= 11 is 12.3. The minimum absolute atomic E-state index is 0.121. The van der Waals surface area contributed by atoms with E-state index in [1.807, 2.05) is 61.5 Å². The largest absolute Gasteiger partial charge is 0.354 e. The van der Waals surface area contributed by atoms with E-state index < -0.39 is 6.04 Å². The Morgan fingerprint density at radius 1 is 0.914 bits per heavy atom. The summed E-state index contributed by atoms with van der Waals surface area (Å²) in [7, 11) is 0. The van der Waals surface area contributed by atoms with Gasteiger partial charge in [0.2, 0.25) is 11.8 Å². The van der Waals surface area contributed by atoms with Gasteiger partial charge in [-0.2, -0.15) is 0 Å². The smallest absolute Gasteiger partial charge is 0.243 e. The van der Waals surface area contributed by atoms with E-state index in [4.69, 9.17) is 23.2 Å². The lowest BCUT2D eigenvalue weighted by molar-refractivity contribution is -0.140. The molecular formula is C29H32Cl2N2O2. The number of hydrogen-bond acceptors (Lipinski definition) is 2. The Kier molecular flexibility index (Phi) is 10.2. The Morgan fingerprint density at radius 3 is 2.31 bits per heavy atom. The van der Waals surface area contributed by atoms with E-state index in [2.05, 4.69) is 12.2 Å². The van der Waals surface area contributed by atoms with Crippen LogP contribution in [-0.4, -0.2) is 29.3 Å². The van der Waals surface area contributed by atoms with Crippen LogP contribution in [0, 0.1) is 6.92 Å². The van der Waals surface area contributed by atoms with Crippen molar-refractivity contribution < 1.29 is 9.59 Å². The van der Waals surface area contributed by atoms with E-state index in [9.17, 15) is 9.59 Å². The van der Waals surface area contributed by atoms with Crippen molar-refractivity contribution in [2.45, 2.75) is 52.1 Å². The molecule has 0 spiro atoms. The van der Waals surface area contributed by atoms with Crippen molar-refractivity contribution in [3.8, 4) is 0 Å². The van der Waals surface area contributed by atoms with Crippen LogP contribution in [0.15, 0.2) is 72.8 Å². The number of halogens is 2. The maximum atomic E-state index is 13.8. The van der Waals surface area contributed by atoms with Gasteiger partial charge in [-0.15, -0.1) is 0 Å². The van der Waals surface area contributed by atoms with Gasteiger partial charge in [-0.3, -0.25) is 9.59 Å². The molecule has 3 rings (SSSR count). The molecule has 3 aromatic rings. The highest BCUT2D eigenvalue weighted by molar-refractivity contribution is 6.42. The third kappa shape index (κ3) is 7.84. The van der Waals surface area contributed by atoms with Gasteiger partial charge in [0.25, 0.3) is 0 Å². The fourth-order valence-corrected chi connectivity index (χ4v) is 4.28. The summed E-state index contributed by atoms with van der Waals surface area (Å²) in [6.07, 6.45) is 2.42. The first-order valence-electron chi connectivity index (χ1n) is 12.0. The Bertz CT molecular complexity index is 1130. The van der Waals surface area contributed by atoms with E-state index >= 15 is 0 Å². The van der Waals surface area contributed by atoms with Crippen LogP contribution < -0.4 is 5.32 Å². The molecule has 0 bridgehead atoms. The first-order valence-corrected chi connectivity index (χ1v) is 12.7. The van der Waals surface area contributed by atoms with E-state index in [1.54, 1.807) is 23.1 Å². The molecule has 0 fully saturated rings. The van der Waals surface area contributed by atoms with Gasteiger partial charge in [0.1, 0.15) is 6.04 Å². The third-order valence-electron chi connectivity index (χ3n) is 6.04. The SMILES string of the molecule is CCCCNC(=O)C(Cc1ccccc1)N(Cc1ccccc1C)C(=O)Cc1ccc(Cl)c(Cl)c1. The highest BCUT2D eigenvalue weighted by Crippen LogP contribution is 2.24. The zero-order valence-corrected chi connectivity index (χ0v) is 21.8. The van der Waals surface area contributed by atoms with Crippen LogP contribution >= 0.6 is 23.2 Å². The molecule has 6 heteroatoms. The second-order valence-electron chi connectivity index (χ2n) is 8.72. The lowest BCUT2D eigenvalue weighted by Gasteiger charge is -2.32. The van der Waals surface area contributed by atoms with Crippen molar-refractivity contribution in [1.29, 1.82) is 0 Å². The number of carbonyl (C=O) groups excluding carboxylic acids is 2. The van der Waals surface area contributed by atoms with Gasteiger partial charge >= 0.3 is 0 Å². The zero-order valence-electron chi connectivity index (χ0n) is 20.3. The summed E-state index contributed by atoms with van der Waals surface area (Å²) in [6, 6.07) is 22.3. The van der Waals surface area contributed by atoms with Gasteiger partial charge in [-0.1, -0.05) is 97.2 Å². The van der Waals surface area contributed by atoms with Crippen molar-refractivity contribution in [3.05, 3.63) is 105 Å². The second kappa shape index (κ2) is 13.3. The predicted molar refractivity (Wildman–Crippen MR) is 144 cm³/mol. The fourth-order valence-electron chi connectivity index (χ4n) is 3.96. The zero-order chi connectivity index (χ0) is 25.2. The molecule has 0 heterocycles. The van der Waals surface area contributed by atoms with Crippen molar-refractivity contribution in [2.75, 3.05) is 6.54 Å². The lowest BCUT2D eigenvalue weighted by atomic mass is 10.0. The van der Waals surface area contributed by atoms with E-state index in [1.165, 1.54) is 0 Å². The Morgan fingerprint density at radius 2 is 1.63 bits per heavy atom. The van der Waals surface area contributed by atoms with Gasteiger partial charge in [0, 0.05) is 19.5 Å². The number of unbranched alkanes of at least 4 members (excludes halogenated alkanes) is 1. The molecule has 184 valence electrons. The molecular weight excluding hydrogens is 479 g/mol. The molecule has 0 radical (unpaired) electrons. The molecule has 0 aliphatic carbocycles. The molecule has 0 aliphatic rings. The summed E-state index contributed by atoms with van der Waals surface area (Å²) in [6.45, 7) is 5.02. The molecule has 0 saturated carbocycles. The maximum Gasteiger partial charge on any atom is 0.243 e. The number of nitrogens with zero attached hydrogens (tertiary/aromatic N) is 1. The number of hydrogen-bond donors (Lipinski definition) is 1. The average Bonchev–Trinajstić information content (AvgIpc) is 2.85. The Balaban J connectivity index is 1.96. The van der Waals surface area contributed by atoms with Gasteiger partial charge in [0.05, 0.1) is 16.5 Å². The van der Waals surface area contributed by atoms with Crippen LogP contribution in [0.5, 0.6) is 0 Å². The minimum atomic E-state index is -0.649. The number of amides is 2. The molecule has 2 amide bonds. The quantitative estimate of drug-likeness (QED) is 0.303. The van der Waals surface area contributed by atoms with Crippen LogP contribution in [0.1, 0.15) is 42.0 Å². The molecule has 0 saturated heterocycles. The van der Waals surface area contributed by atoms with E-state index in [0.717, 1.165) is 35.1 Å². The van der Waals surface area contributed by atoms with Crippen molar-refractivity contribution in [1.82, 2.24) is 10.2 Å². The molecule has 35 heavy (non-hydrogen) atoms. The molecule has 3 aromatic carbocycles. The predicted octanol–water partition coefficient (Wildman–Crippen LogP) is 6.40.